The maximum atomic E-state index is 12.5. The number of hydrogen-bond donors (Lipinski definition) is 2. The highest BCUT2D eigenvalue weighted by molar-refractivity contribution is 5.94. The van der Waals surface area contributed by atoms with Crippen molar-refractivity contribution in [3.8, 4) is 5.75 Å². The maximum absolute atomic E-state index is 12.5. The van der Waals surface area contributed by atoms with Crippen LogP contribution in [-0.2, 0) is 0 Å². The standard InChI is InChI=1S/C17H23NO3/c1-21-14-4-2-3-13(9-14)17(20)18-16(12-7-8-12)15(10-19)11-5-6-11/h2-4,9,11-12,15-16,19H,5-8,10H2,1H3,(H,18,20)/t15-,16-/m1/s1. The molecular weight excluding hydrogens is 266 g/mol. The number of hydrogen-bond acceptors (Lipinski definition) is 3. The minimum Gasteiger partial charge on any atom is -0.497 e. The van der Waals surface area contributed by atoms with E-state index in [4.69, 9.17) is 4.74 Å². The van der Waals surface area contributed by atoms with Crippen LogP contribution in [-0.4, -0.2) is 30.8 Å². The smallest absolute Gasteiger partial charge is 0.251 e. The molecule has 2 aliphatic rings. The predicted molar refractivity (Wildman–Crippen MR) is 80.3 cm³/mol. The van der Waals surface area contributed by atoms with Gasteiger partial charge in [-0.25, -0.2) is 0 Å². The van der Waals surface area contributed by atoms with E-state index in [9.17, 15) is 9.90 Å². The summed E-state index contributed by atoms with van der Waals surface area (Å²) in [6.07, 6.45) is 4.69. The highest BCUT2D eigenvalue weighted by Crippen LogP contribution is 2.45. The fourth-order valence-corrected chi connectivity index (χ4v) is 3.11. The zero-order valence-electron chi connectivity index (χ0n) is 12.4. The summed E-state index contributed by atoms with van der Waals surface area (Å²) in [4.78, 5) is 12.5. The summed E-state index contributed by atoms with van der Waals surface area (Å²) in [6, 6.07) is 7.32. The number of benzene rings is 1. The molecule has 1 aromatic rings. The van der Waals surface area contributed by atoms with Crippen LogP contribution in [0.1, 0.15) is 36.0 Å². The number of carbonyl (C=O) groups excluding carboxylic acids is 1. The Hall–Kier alpha value is -1.55. The van der Waals surface area contributed by atoms with E-state index in [1.807, 2.05) is 12.1 Å². The summed E-state index contributed by atoms with van der Waals surface area (Å²) >= 11 is 0. The number of aliphatic hydroxyl groups is 1. The summed E-state index contributed by atoms with van der Waals surface area (Å²) in [5.41, 5.74) is 0.618. The largest absolute Gasteiger partial charge is 0.497 e. The van der Waals surface area contributed by atoms with Crippen molar-refractivity contribution in [3.63, 3.8) is 0 Å². The van der Waals surface area contributed by atoms with Crippen molar-refractivity contribution in [3.05, 3.63) is 29.8 Å². The topological polar surface area (TPSA) is 58.6 Å². The summed E-state index contributed by atoms with van der Waals surface area (Å²) in [6.45, 7) is 0.171. The minimum absolute atomic E-state index is 0.0649. The SMILES string of the molecule is COc1cccc(C(=O)N[C@H](C2CC2)[C@H](CO)C2CC2)c1. The Morgan fingerprint density at radius 3 is 2.62 bits per heavy atom. The highest BCUT2D eigenvalue weighted by Gasteiger charge is 2.43. The second-order valence-electron chi connectivity index (χ2n) is 6.25. The average Bonchev–Trinajstić information content (AvgIpc) is 3.39. The Bertz CT molecular complexity index is 509. The van der Waals surface area contributed by atoms with Gasteiger partial charge < -0.3 is 15.2 Å². The van der Waals surface area contributed by atoms with Crippen molar-refractivity contribution in [2.75, 3.05) is 13.7 Å². The first-order valence-electron chi connectivity index (χ1n) is 7.78. The molecule has 1 aromatic carbocycles. The van der Waals surface area contributed by atoms with Gasteiger partial charge in [-0.2, -0.15) is 0 Å². The van der Waals surface area contributed by atoms with Crippen LogP contribution in [0.3, 0.4) is 0 Å². The Balaban J connectivity index is 1.71. The van der Waals surface area contributed by atoms with Gasteiger partial charge in [0.2, 0.25) is 0 Å². The van der Waals surface area contributed by atoms with Crippen LogP contribution in [0.25, 0.3) is 0 Å². The third-order valence-electron chi connectivity index (χ3n) is 4.66. The average molecular weight is 289 g/mol. The fourth-order valence-electron chi connectivity index (χ4n) is 3.11. The van der Waals surface area contributed by atoms with Gasteiger partial charge >= 0.3 is 0 Å². The Kier molecular flexibility index (Phi) is 4.15. The van der Waals surface area contributed by atoms with E-state index in [1.165, 1.54) is 12.8 Å². The Morgan fingerprint density at radius 2 is 2.05 bits per heavy atom. The van der Waals surface area contributed by atoms with Gasteiger partial charge in [0.05, 0.1) is 7.11 Å². The first kappa shape index (κ1) is 14.4. The molecule has 0 unspecified atom stereocenters. The third-order valence-corrected chi connectivity index (χ3v) is 4.66. The third kappa shape index (κ3) is 3.38. The van der Waals surface area contributed by atoms with Crippen LogP contribution >= 0.6 is 0 Å². The van der Waals surface area contributed by atoms with Gasteiger partial charge in [-0.1, -0.05) is 6.07 Å². The maximum Gasteiger partial charge on any atom is 0.251 e. The van der Waals surface area contributed by atoms with Crippen molar-refractivity contribution < 1.29 is 14.6 Å². The van der Waals surface area contributed by atoms with E-state index in [0.29, 0.717) is 23.1 Å². The van der Waals surface area contributed by atoms with Gasteiger partial charge in [0.1, 0.15) is 5.75 Å². The molecule has 4 heteroatoms. The number of nitrogens with one attached hydrogen (secondary N) is 1. The van der Waals surface area contributed by atoms with Gasteiger partial charge in [0.15, 0.2) is 0 Å². The molecule has 0 aliphatic heterocycles. The molecule has 4 nitrogen and oxygen atoms in total. The lowest BCUT2D eigenvalue weighted by molar-refractivity contribution is 0.0878. The lowest BCUT2D eigenvalue weighted by Crippen LogP contribution is -2.44. The van der Waals surface area contributed by atoms with E-state index in [0.717, 1.165) is 12.8 Å². The lowest BCUT2D eigenvalue weighted by Gasteiger charge is -2.27. The molecule has 0 saturated heterocycles. The van der Waals surface area contributed by atoms with Crippen molar-refractivity contribution >= 4 is 5.91 Å². The molecule has 0 bridgehead atoms. The zero-order chi connectivity index (χ0) is 14.8. The first-order valence-corrected chi connectivity index (χ1v) is 7.78. The van der Waals surface area contributed by atoms with Crippen LogP contribution in [0.15, 0.2) is 24.3 Å². The second-order valence-corrected chi connectivity index (χ2v) is 6.25. The van der Waals surface area contributed by atoms with Crippen molar-refractivity contribution in [2.24, 2.45) is 17.8 Å². The summed E-state index contributed by atoms with van der Waals surface area (Å²) in [7, 11) is 1.60. The first-order chi connectivity index (χ1) is 10.2. The van der Waals surface area contributed by atoms with E-state index < -0.39 is 0 Å². The van der Waals surface area contributed by atoms with Crippen LogP contribution < -0.4 is 10.1 Å². The van der Waals surface area contributed by atoms with Crippen molar-refractivity contribution in [2.45, 2.75) is 31.7 Å². The minimum atomic E-state index is -0.0649. The van der Waals surface area contributed by atoms with Gasteiger partial charge in [0.25, 0.3) is 5.91 Å². The molecular formula is C17H23NO3. The summed E-state index contributed by atoms with van der Waals surface area (Å²) in [5.74, 6) is 1.96. The molecule has 2 fully saturated rings. The Morgan fingerprint density at radius 1 is 1.33 bits per heavy atom. The number of aliphatic hydroxyl groups excluding tert-OH is 1. The quantitative estimate of drug-likeness (QED) is 0.809. The normalized spacial score (nSPS) is 20.7. The van der Waals surface area contributed by atoms with Gasteiger partial charge in [-0.15, -0.1) is 0 Å². The molecule has 21 heavy (non-hydrogen) atoms. The van der Waals surface area contributed by atoms with Gasteiger partial charge in [-0.05, 0) is 55.7 Å². The number of rotatable bonds is 7. The molecule has 2 saturated carbocycles. The van der Waals surface area contributed by atoms with E-state index in [2.05, 4.69) is 5.32 Å². The van der Waals surface area contributed by atoms with Crippen molar-refractivity contribution in [1.29, 1.82) is 0 Å². The highest BCUT2D eigenvalue weighted by atomic mass is 16.5. The second kappa shape index (κ2) is 6.06. The monoisotopic (exact) mass is 289 g/mol. The van der Waals surface area contributed by atoms with Crippen LogP contribution in [0, 0.1) is 17.8 Å². The Labute approximate surface area is 125 Å². The van der Waals surface area contributed by atoms with E-state index in [1.54, 1.807) is 19.2 Å². The van der Waals surface area contributed by atoms with Crippen LogP contribution in [0.4, 0.5) is 0 Å². The number of methoxy groups -OCH3 is 1. The molecule has 2 atom stereocenters. The molecule has 2 N–H and O–H groups in total. The predicted octanol–water partition coefficient (Wildman–Crippen LogP) is 2.22. The van der Waals surface area contributed by atoms with E-state index in [-0.39, 0.29) is 24.5 Å². The van der Waals surface area contributed by atoms with Crippen LogP contribution in [0.2, 0.25) is 0 Å². The lowest BCUT2D eigenvalue weighted by atomic mass is 9.91. The molecule has 0 spiro atoms. The molecule has 2 aliphatic carbocycles. The molecule has 114 valence electrons. The fraction of sp³-hybridized carbons (Fsp3) is 0.588. The number of carbonyl (C=O) groups is 1. The van der Waals surface area contributed by atoms with E-state index >= 15 is 0 Å². The molecule has 1 amide bonds. The molecule has 3 rings (SSSR count). The number of amides is 1. The zero-order valence-corrected chi connectivity index (χ0v) is 12.4. The summed E-state index contributed by atoms with van der Waals surface area (Å²) in [5, 5.41) is 12.8. The van der Waals surface area contributed by atoms with Gasteiger partial charge in [0, 0.05) is 24.1 Å². The molecule has 0 heterocycles. The number of ether oxygens (including phenoxy) is 1. The van der Waals surface area contributed by atoms with Gasteiger partial charge in [-0.3, -0.25) is 4.79 Å². The van der Waals surface area contributed by atoms with Crippen LogP contribution in [0.5, 0.6) is 5.75 Å². The summed E-state index contributed by atoms with van der Waals surface area (Å²) < 4.78 is 5.17. The molecule has 0 aromatic heterocycles. The van der Waals surface area contributed by atoms with Crippen molar-refractivity contribution in [1.82, 2.24) is 5.32 Å². The molecule has 0 radical (unpaired) electrons.